The molecule has 2 heterocycles. The highest BCUT2D eigenvalue weighted by Crippen LogP contribution is 2.24. The zero-order chi connectivity index (χ0) is 13.8. The van der Waals surface area contributed by atoms with Crippen LogP contribution in [0.3, 0.4) is 0 Å². The van der Waals surface area contributed by atoms with Gasteiger partial charge >= 0.3 is 0 Å². The number of anilines is 2. The van der Waals surface area contributed by atoms with Crippen molar-refractivity contribution in [2.24, 2.45) is 0 Å². The van der Waals surface area contributed by atoms with Crippen molar-refractivity contribution in [1.29, 1.82) is 0 Å². The average Bonchev–Trinajstić information content (AvgIpc) is 2.64. The monoisotopic (exact) mass is 324 g/mol. The molecule has 0 aliphatic heterocycles. The van der Waals surface area contributed by atoms with Crippen molar-refractivity contribution in [2.45, 2.75) is 20.4 Å². The summed E-state index contributed by atoms with van der Waals surface area (Å²) < 4.78 is 8.02. The second-order valence-corrected chi connectivity index (χ2v) is 5.16. The van der Waals surface area contributed by atoms with Crippen molar-refractivity contribution >= 4 is 27.4 Å². The molecule has 2 aromatic rings. The number of hydrogen-bond donors (Lipinski definition) is 1. The maximum Gasteiger partial charge on any atom is 0.131 e. The Morgan fingerprint density at radius 2 is 2.21 bits per heavy atom. The first kappa shape index (κ1) is 14.0. The largest absolute Gasteiger partial charge is 0.383 e. The molecule has 2 rings (SSSR count). The maximum atomic E-state index is 5.08. The van der Waals surface area contributed by atoms with Crippen LogP contribution in [0.4, 0.5) is 11.5 Å². The van der Waals surface area contributed by atoms with Gasteiger partial charge in [0.05, 0.1) is 30.2 Å². The van der Waals surface area contributed by atoms with Crippen LogP contribution >= 0.6 is 15.9 Å². The van der Waals surface area contributed by atoms with Crippen LogP contribution in [0.2, 0.25) is 0 Å². The van der Waals surface area contributed by atoms with Crippen LogP contribution in [-0.4, -0.2) is 28.5 Å². The number of hydrogen-bond acceptors (Lipinski definition) is 4. The fourth-order valence-corrected chi connectivity index (χ4v) is 2.21. The lowest BCUT2D eigenvalue weighted by Crippen LogP contribution is -2.07. The molecule has 102 valence electrons. The van der Waals surface area contributed by atoms with E-state index in [9.17, 15) is 0 Å². The second kappa shape index (κ2) is 6.16. The fourth-order valence-electron chi connectivity index (χ4n) is 1.87. The standard InChI is InChI=1S/C13H17BrN4O/c1-9-13(10(2)18(17-9)6-7-19-3)16-12-8-11(14)4-5-15-12/h4-5,8H,6-7H2,1-3H3,(H,15,16). The first-order chi connectivity index (χ1) is 9.11. The topological polar surface area (TPSA) is 52.0 Å². The van der Waals surface area contributed by atoms with Gasteiger partial charge in [0.15, 0.2) is 0 Å². The lowest BCUT2D eigenvalue weighted by atomic mass is 10.3. The van der Waals surface area contributed by atoms with Gasteiger partial charge in [0.1, 0.15) is 5.82 Å². The lowest BCUT2D eigenvalue weighted by molar-refractivity contribution is 0.182. The molecule has 0 saturated carbocycles. The summed E-state index contributed by atoms with van der Waals surface area (Å²) in [6.45, 7) is 5.42. The van der Waals surface area contributed by atoms with E-state index in [1.165, 1.54) is 0 Å². The Labute approximate surface area is 121 Å². The number of aromatic nitrogens is 3. The van der Waals surface area contributed by atoms with Gasteiger partial charge in [0.25, 0.3) is 0 Å². The van der Waals surface area contributed by atoms with E-state index in [1.54, 1.807) is 13.3 Å². The van der Waals surface area contributed by atoms with E-state index in [-0.39, 0.29) is 0 Å². The van der Waals surface area contributed by atoms with E-state index in [0.29, 0.717) is 6.61 Å². The van der Waals surface area contributed by atoms with Crippen molar-refractivity contribution in [3.05, 3.63) is 34.2 Å². The van der Waals surface area contributed by atoms with Gasteiger partial charge in [-0.15, -0.1) is 0 Å². The molecule has 6 heteroatoms. The number of aryl methyl sites for hydroxylation is 1. The Balaban J connectivity index is 2.23. The summed E-state index contributed by atoms with van der Waals surface area (Å²) >= 11 is 3.43. The minimum Gasteiger partial charge on any atom is -0.383 e. The Bertz CT molecular complexity index is 568. The molecule has 0 fully saturated rings. The maximum absolute atomic E-state index is 5.08. The first-order valence-corrected chi connectivity index (χ1v) is 6.82. The van der Waals surface area contributed by atoms with Crippen LogP contribution in [0.15, 0.2) is 22.8 Å². The first-order valence-electron chi connectivity index (χ1n) is 6.03. The van der Waals surface area contributed by atoms with E-state index in [1.807, 2.05) is 30.7 Å². The molecule has 0 unspecified atom stereocenters. The Morgan fingerprint density at radius 3 is 2.89 bits per heavy atom. The molecular formula is C13H17BrN4O. The number of rotatable bonds is 5. The molecule has 0 atom stereocenters. The van der Waals surface area contributed by atoms with Gasteiger partial charge in [-0.25, -0.2) is 4.98 Å². The Hall–Kier alpha value is -1.40. The molecule has 0 aromatic carbocycles. The SMILES string of the molecule is COCCn1nc(C)c(Nc2cc(Br)ccn2)c1C. The Kier molecular flexibility index (Phi) is 4.55. The van der Waals surface area contributed by atoms with Gasteiger partial charge in [-0.2, -0.15) is 5.10 Å². The van der Waals surface area contributed by atoms with Crippen molar-refractivity contribution in [3.63, 3.8) is 0 Å². The van der Waals surface area contributed by atoms with Crippen LogP contribution in [0.5, 0.6) is 0 Å². The molecule has 0 aliphatic carbocycles. The van der Waals surface area contributed by atoms with Crippen LogP contribution in [0.1, 0.15) is 11.4 Å². The van der Waals surface area contributed by atoms with Gasteiger partial charge in [-0.05, 0) is 26.0 Å². The molecule has 0 saturated heterocycles. The number of ether oxygens (including phenoxy) is 1. The van der Waals surface area contributed by atoms with Crippen molar-refractivity contribution in [1.82, 2.24) is 14.8 Å². The molecule has 0 amide bonds. The molecular weight excluding hydrogens is 308 g/mol. The van der Waals surface area contributed by atoms with E-state index >= 15 is 0 Å². The van der Waals surface area contributed by atoms with Crippen LogP contribution in [-0.2, 0) is 11.3 Å². The summed E-state index contributed by atoms with van der Waals surface area (Å²) in [5.41, 5.74) is 3.04. The minimum absolute atomic E-state index is 0.649. The predicted octanol–water partition coefficient (Wildman–Crippen LogP) is 3.05. The molecule has 1 N–H and O–H groups in total. The highest BCUT2D eigenvalue weighted by Gasteiger charge is 2.11. The number of pyridine rings is 1. The third-order valence-corrected chi connectivity index (χ3v) is 3.36. The summed E-state index contributed by atoms with van der Waals surface area (Å²) in [4.78, 5) is 4.29. The van der Waals surface area contributed by atoms with E-state index < -0.39 is 0 Å². The van der Waals surface area contributed by atoms with E-state index in [2.05, 4.69) is 31.3 Å². The summed E-state index contributed by atoms with van der Waals surface area (Å²) in [6, 6.07) is 3.83. The number of nitrogens with zero attached hydrogens (tertiary/aromatic N) is 3. The smallest absolute Gasteiger partial charge is 0.131 e. The molecule has 5 nitrogen and oxygen atoms in total. The number of methoxy groups -OCH3 is 1. The van der Waals surface area contributed by atoms with Crippen LogP contribution in [0.25, 0.3) is 0 Å². The van der Waals surface area contributed by atoms with E-state index in [4.69, 9.17) is 4.74 Å². The summed E-state index contributed by atoms with van der Waals surface area (Å²) in [7, 11) is 1.69. The quantitative estimate of drug-likeness (QED) is 0.918. The molecule has 0 spiro atoms. The lowest BCUT2D eigenvalue weighted by Gasteiger charge is -2.07. The van der Waals surface area contributed by atoms with Crippen LogP contribution < -0.4 is 5.32 Å². The highest BCUT2D eigenvalue weighted by molar-refractivity contribution is 9.10. The van der Waals surface area contributed by atoms with Crippen molar-refractivity contribution in [2.75, 3.05) is 19.0 Å². The van der Waals surface area contributed by atoms with Gasteiger partial charge in [-0.3, -0.25) is 4.68 Å². The average molecular weight is 325 g/mol. The van der Waals surface area contributed by atoms with Gasteiger partial charge in [-0.1, -0.05) is 15.9 Å². The number of nitrogens with one attached hydrogen (secondary N) is 1. The third kappa shape index (κ3) is 3.33. The van der Waals surface area contributed by atoms with Gasteiger partial charge in [0.2, 0.25) is 0 Å². The summed E-state index contributed by atoms with van der Waals surface area (Å²) in [6.07, 6.45) is 1.76. The fraction of sp³-hybridized carbons (Fsp3) is 0.385. The summed E-state index contributed by atoms with van der Waals surface area (Å²) in [5.74, 6) is 0.798. The van der Waals surface area contributed by atoms with Gasteiger partial charge in [0, 0.05) is 17.8 Å². The molecule has 19 heavy (non-hydrogen) atoms. The predicted molar refractivity (Wildman–Crippen MR) is 78.8 cm³/mol. The Morgan fingerprint density at radius 1 is 1.42 bits per heavy atom. The van der Waals surface area contributed by atoms with Gasteiger partial charge < -0.3 is 10.1 Å². The normalized spacial score (nSPS) is 10.7. The molecule has 2 aromatic heterocycles. The highest BCUT2D eigenvalue weighted by atomic mass is 79.9. The zero-order valence-corrected chi connectivity index (χ0v) is 12.9. The van der Waals surface area contributed by atoms with Crippen LogP contribution in [0, 0.1) is 13.8 Å². The third-order valence-electron chi connectivity index (χ3n) is 2.86. The van der Waals surface area contributed by atoms with Crippen molar-refractivity contribution in [3.8, 4) is 0 Å². The van der Waals surface area contributed by atoms with E-state index in [0.717, 1.165) is 33.9 Å². The minimum atomic E-state index is 0.649. The van der Waals surface area contributed by atoms with Crippen molar-refractivity contribution < 1.29 is 4.74 Å². The summed E-state index contributed by atoms with van der Waals surface area (Å²) in [5, 5.41) is 7.81. The molecule has 0 aliphatic rings. The number of halogens is 1. The molecule has 0 bridgehead atoms. The zero-order valence-electron chi connectivity index (χ0n) is 11.3. The molecule has 0 radical (unpaired) electrons. The second-order valence-electron chi connectivity index (χ2n) is 4.25.